The van der Waals surface area contributed by atoms with Crippen molar-refractivity contribution >= 4 is 5.78 Å². The van der Waals surface area contributed by atoms with Gasteiger partial charge >= 0.3 is 0 Å². The molecule has 1 atom stereocenters. The first-order chi connectivity index (χ1) is 4.09. The van der Waals surface area contributed by atoms with Crippen molar-refractivity contribution in [3.63, 3.8) is 0 Å². The topological polar surface area (TPSA) is 37.3 Å². The minimum absolute atomic E-state index is 0.0625. The summed E-state index contributed by atoms with van der Waals surface area (Å²) in [6, 6.07) is 0. The number of carbonyl (C=O) groups is 1. The summed E-state index contributed by atoms with van der Waals surface area (Å²) in [6.45, 7) is 4.77. The zero-order valence-corrected chi connectivity index (χ0v) is 6.01. The second kappa shape index (κ2) is 3.41. The molecule has 0 spiro atoms. The summed E-state index contributed by atoms with van der Waals surface area (Å²) in [4.78, 5) is 10.6. The predicted octanol–water partition coefficient (Wildman–Crippen LogP) is 0.903. The molecule has 0 aliphatic rings. The molecule has 0 radical (unpaired) electrons. The molecular formula is C7H12O2. The average molecular weight is 128 g/mol. The molecule has 0 fully saturated rings. The van der Waals surface area contributed by atoms with Gasteiger partial charge in [-0.05, 0) is 20.8 Å². The van der Waals surface area contributed by atoms with E-state index in [1.807, 2.05) is 0 Å². The van der Waals surface area contributed by atoms with Crippen LogP contribution in [0.2, 0.25) is 0 Å². The van der Waals surface area contributed by atoms with Crippen molar-refractivity contribution in [2.75, 3.05) is 0 Å². The van der Waals surface area contributed by atoms with Gasteiger partial charge in [0.05, 0.1) is 6.10 Å². The normalized spacial score (nSPS) is 15.3. The number of allylic oxidation sites excluding steroid dienone is 1. The van der Waals surface area contributed by atoms with Gasteiger partial charge in [-0.3, -0.25) is 4.79 Å². The summed E-state index contributed by atoms with van der Waals surface area (Å²) in [7, 11) is 0. The van der Waals surface area contributed by atoms with Crippen molar-refractivity contribution in [1.82, 2.24) is 0 Å². The Bertz CT molecular complexity index is 134. The van der Waals surface area contributed by atoms with Crippen LogP contribution in [0.15, 0.2) is 11.6 Å². The number of ketones is 1. The monoisotopic (exact) mass is 128 g/mol. The minimum Gasteiger partial charge on any atom is -0.389 e. The predicted molar refractivity (Wildman–Crippen MR) is 36.1 cm³/mol. The fourth-order valence-corrected chi connectivity index (χ4v) is 0.739. The Morgan fingerprint density at radius 3 is 2.11 bits per heavy atom. The Labute approximate surface area is 55.2 Å². The first kappa shape index (κ1) is 8.37. The maximum Gasteiger partial charge on any atom is 0.158 e. The molecular weight excluding hydrogens is 116 g/mol. The smallest absolute Gasteiger partial charge is 0.158 e. The summed E-state index contributed by atoms with van der Waals surface area (Å²) in [5.74, 6) is -0.0625. The van der Waals surface area contributed by atoms with E-state index >= 15 is 0 Å². The average Bonchev–Trinajstić information content (AvgIpc) is 1.64. The molecule has 52 valence electrons. The zero-order chi connectivity index (χ0) is 7.44. The molecule has 0 amide bonds. The van der Waals surface area contributed by atoms with Crippen LogP contribution in [-0.4, -0.2) is 17.0 Å². The van der Waals surface area contributed by atoms with Gasteiger partial charge in [-0.2, -0.15) is 0 Å². The molecule has 0 saturated heterocycles. The summed E-state index contributed by atoms with van der Waals surface area (Å²) >= 11 is 0. The van der Waals surface area contributed by atoms with E-state index in [-0.39, 0.29) is 5.78 Å². The highest BCUT2D eigenvalue weighted by Crippen LogP contribution is 2.01. The number of aliphatic hydroxyl groups excluding tert-OH is 1. The van der Waals surface area contributed by atoms with E-state index < -0.39 is 6.10 Å². The Morgan fingerprint density at radius 2 is 2.11 bits per heavy atom. The van der Waals surface area contributed by atoms with Gasteiger partial charge in [0.15, 0.2) is 5.78 Å². The second-order valence-corrected chi connectivity index (χ2v) is 1.98. The highest BCUT2D eigenvalue weighted by molar-refractivity contribution is 5.93. The summed E-state index contributed by atoms with van der Waals surface area (Å²) in [5.41, 5.74) is 0.481. The molecule has 0 bridgehead atoms. The van der Waals surface area contributed by atoms with Gasteiger partial charge in [-0.1, -0.05) is 6.08 Å². The van der Waals surface area contributed by atoms with Gasteiger partial charge in [0.1, 0.15) is 0 Å². The highest BCUT2D eigenvalue weighted by Gasteiger charge is 2.06. The van der Waals surface area contributed by atoms with E-state index in [0.717, 1.165) is 0 Å². The molecule has 1 unspecified atom stereocenters. The number of hydrogen-bond donors (Lipinski definition) is 1. The van der Waals surface area contributed by atoms with E-state index in [2.05, 4.69) is 0 Å². The van der Waals surface area contributed by atoms with Gasteiger partial charge in [-0.15, -0.1) is 0 Å². The molecule has 0 heterocycles. The van der Waals surface area contributed by atoms with Gasteiger partial charge in [-0.25, -0.2) is 0 Å². The molecule has 0 aromatic heterocycles. The quantitative estimate of drug-likeness (QED) is 0.561. The summed E-state index contributed by atoms with van der Waals surface area (Å²) < 4.78 is 0. The number of Topliss-reactive ketones (excluding diaryl/α,β-unsaturated/α-hetero) is 1. The third-order valence-electron chi connectivity index (χ3n) is 1.17. The maximum absolute atomic E-state index is 10.6. The Balaban J connectivity index is 4.19. The van der Waals surface area contributed by atoms with Crippen molar-refractivity contribution in [2.45, 2.75) is 26.9 Å². The summed E-state index contributed by atoms with van der Waals surface area (Å²) in [5, 5.41) is 8.89. The van der Waals surface area contributed by atoms with Crippen LogP contribution in [0.4, 0.5) is 0 Å². The SMILES string of the molecule is C/C=C(\C(C)=O)C(C)O. The lowest BCUT2D eigenvalue weighted by Crippen LogP contribution is -2.11. The highest BCUT2D eigenvalue weighted by atomic mass is 16.3. The summed E-state index contributed by atoms with van der Waals surface area (Å²) in [6.07, 6.45) is 1.000. The lowest BCUT2D eigenvalue weighted by Gasteiger charge is -2.03. The van der Waals surface area contributed by atoms with Crippen LogP contribution in [0, 0.1) is 0 Å². The molecule has 9 heavy (non-hydrogen) atoms. The van der Waals surface area contributed by atoms with Crippen molar-refractivity contribution in [3.05, 3.63) is 11.6 Å². The molecule has 0 aromatic rings. The third kappa shape index (κ3) is 2.42. The molecule has 2 heteroatoms. The Morgan fingerprint density at radius 1 is 1.67 bits per heavy atom. The Kier molecular flexibility index (Phi) is 3.17. The van der Waals surface area contributed by atoms with Gasteiger partial charge in [0, 0.05) is 5.57 Å². The zero-order valence-electron chi connectivity index (χ0n) is 6.01. The largest absolute Gasteiger partial charge is 0.389 e. The van der Waals surface area contributed by atoms with E-state index in [4.69, 9.17) is 5.11 Å². The molecule has 1 N–H and O–H groups in total. The number of hydrogen-bond acceptors (Lipinski definition) is 2. The lowest BCUT2D eigenvalue weighted by atomic mass is 10.1. The van der Waals surface area contributed by atoms with Gasteiger partial charge < -0.3 is 5.11 Å². The van der Waals surface area contributed by atoms with E-state index in [1.165, 1.54) is 6.92 Å². The third-order valence-corrected chi connectivity index (χ3v) is 1.17. The number of carbonyl (C=O) groups excluding carboxylic acids is 1. The van der Waals surface area contributed by atoms with Crippen molar-refractivity contribution < 1.29 is 9.90 Å². The van der Waals surface area contributed by atoms with Crippen molar-refractivity contribution in [2.24, 2.45) is 0 Å². The molecule has 0 rings (SSSR count). The van der Waals surface area contributed by atoms with E-state index in [1.54, 1.807) is 19.9 Å². The van der Waals surface area contributed by atoms with E-state index in [9.17, 15) is 4.79 Å². The Hall–Kier alpha value is -0.630. The first-order valence-corrected chi connectivity index (χ1v) is 2.94. The van der Waals surface area contributed by atoms with Crippen LogP contribution in [0.5, 0.6) is 0 Å². The van der Waals surface area contributed by atoms with Crippen molar-refractivity contribution in [3.8, 4) is 0 Å². The lowest BCUT2D eigenvalue weighted by molar-refractivity contribution is -0.114. The fraction of sp³-hybridized carbons (Fsp3) is 0.571. The van der Waals surface area contributed by atoms with Crippen molar-refractivity contribution in [1.29, 1.82) is 0 Å². The van der Waals surface area contributed by atoms with Crippen LogP contribution in [0.3, 0.4) is 0 Å². The number of aliphatic hydroxyl groups is 1. The minimum atomic E-state index is -0.632. The van der Waals surface area contributed by atoms with Crippen LogP contribution < -0.4 is 0 Å². The molecule has 2 nitrogen and oxygen atoms in total. The van der Waals surface area contributed by atoms with Crippen LogP contribution in [0.25, 0.3) is 0 Å². The van der Waals surface area contributed by atoms with Gasteiger partial charge in [0.25, 0.3) is 0 Å². The first-order valence-electron chi connectivity index (χ1n) is 2.94. The molecule has 0 saturated carbocycles. The van der Waals surface area contributed by atoms with E-state index in [0.29, 0.717) is 5.57 Å². The van der Waals surface area contributed by atoms with Crippen LogP contribution >= 0.6 is 0 Å². The second-order valence-electron chi connectivity index (χ2n) is 1.98. The van der Waals surface area contributed by atoms with Crippen LogP contribution in [0.1, 0.15) is 20.8 Å². The molecule has 0 aliphatic carbocycles. The maximum atomic E-state index is 10.6. The van der Waals surface area contributed by atoms with Crippen LogP contribution in [-0.2, 0) is 4.79 Å². The fourth-order valence-electron chi connectivity index (χ4n) is 0.739. The number of rotatable bonds is 2. The molecule has 0 aromatic carbocycles. The standard InChI is InChI=1S/C7H12O2/c1-4-7(5(2)8)6(3)9/h4-5,8H,1-3H3/b7-4-. The van der Waals surface area contributed by atoms with Gasteiger partial charge in [0.2, 0.25) is 0 Å². The molecule has 0 aliphatic heterocycles.